The van der Waals surface area contributed by atoms with E-state index in [1.165, 1.54) is 0 Å². The molecule has 1 aromatic rings. The van der Waals surface area contributed by atoms with Crippen LogP contribution in [0.5, 0.6) is 5.75 Å². The molecule has 0 unspecified atom stereocenters. The van der Waals surface area contributed by atoms with Crippen molar-refractivity contribution < 1.29 is 4.74 Å². The van der Waals surface area contributed by atoms with E-state index in [9.17, 15) is 0 Å². The van der Waals surface area contributed by atoms with Crippen LogP contribution in [0.3, 0.4) is 0 Å². The van der Waals surface area contributed by atoms with Crippen molar-refractivity contribution >= 4 is 34.2 Å². The van der Waals surface area contributed by atoms with Gasteiger partial charge in [-0.2, -0.15) is 0 Å². The summed E-state index contributed by atoms with van der Waals surface area (Å²) in [7, 11) is 0. The van der Waals surface area contributed by atoms with Crippen LogP contribution in [-0.2, 0) is 0 Å². The lowest BCUT2D eigenvalue weighted by atomic mass is 10.3. The van der Waals surface area contributed by atoms with Crippen molar-refractivity contribution in [2.45, 2.75) is 20.0 Å². The highest BCUT2D eigenvalue weighted by molar-refractivity contribution is 14.1. The number of hydrogen-bond donors (Lipinski definition) is 0. The number of ether oxygens (including phenoxy) is 1. The fourth-order valence-electron chi connectivity index (χ4n) is 0.869. The molecule has 0 saturated heterocycles. The average Bonchev–Trinajstić information content (AvgIpc) is 1.81. The summed E-state index contributed by atoms with van der Waals surface area (Å²) in [6, 6.07) is 5.69. The van der Waals surface area contributed by atoms with E-state index in [0.29, 0.717) is 0 Å². The first-order chi connectivity index (χ1) is 5.58. The van der Waals surface area contributed by atoms with E-state index in [4.69, 9.17) is 16.3 Å². The molecule has 1 aromatic carbocycles. The Labute approximate surface area is 91.2 Å². The van der Waals surface area contributed by atoms with E-state index in [0.717, 1.165) is 14.3 Å². The zero-order valence-corrected chi connectivity index (χ0v) is 9.89. The molecule has 0 aliphatic rings. The van der Waals surface area contributed by atoms with Gasteiger partial charge in [0.2, 0.25) is 0 Å². The number of benzene rings is 1. The van der Waals surface area contributed by atoms with Crippen LogP contribution < -0.4 is 4.74 Å². The fraction of sp³-hybridized carbons (Fsp3) is 0.333. The average molecular weight is 297 g/mol. The van der Waals surface area contributed by atoms with Gasteiger partial charge in [-0.05, 0) is 54.6 Å². The van der Waals surface area contributed by atoms with Crippen molar-refractivity contribution in [3.05, 3.63) is 26.8 Å². The molecule has 0 spiro atoms. The maximum absolute atomic E-state index is 5.85. The van der Waals surface area contributed by atoms with E-state index in [1.54, 1.807) is 0 Å². The number of halogens is 2. The SMILES string of the molecule is CC(C)Oc1cc(Cl)cc(I)c1. The molecule has 3 heteroatoms. The van der Waals surface area contributed by atoms with Crippen LogP contribution in [0.2, 0.25) is 5.02 Å². The third kappa shape index (κ3) is 3.19. The topological polar surface area (TPSA) is 9.23 Å². The molecule has 0 atom stereocenters. The van der Waals surface area contributed by atoms with Gasteiger partial charge in [-0.15, -0.1) is 0 Å². The molecule has 0 aliphatic heterocycles. The van der Waals surface area contributed by atoms with Gasteiger partial charge < -0.3 is 4.74 Å². The van der Waals surface area contributed by atoms with Crippen molar-refractivity contribution in [1.82, 2.24) is 0 Å². The van der Waals surface area contributed by atoms with Gasteiger partial charge in [0.1, 0.15) is 5.75 Å². The molecule has 0 fully saturated rings. The van der Waals surface area contributed by atoms with Crippen LogP contribution in [0.1, 0.15) is 13.8 Å². The zero-order chi connectivity index (χ0) is 9.14. The molecule has 1 rings (SSSR count). The van der Waals surface area contributed by atoms with E-state index in [1.807, 2.05) is 32.0 Å². The van der Waals surface area contributed by atoms with Crippen LogP contribution >= 0.6 is 34.2 Å². The Morgan fingerprint density at radius 3 is 2.50 bits per heavy atom. The summed E-state index contributed by atoms with van der Waals surface area (Å²) in [6.45, 7) is 3.99. The Morgan fingerprint density at radius 2 is 2.00 bits per heavy atom. The minimum Gasteiger partial charge on any atom is -0.491 e. The van der Waals surface area contributed by atoms with Gasteiger partial charge in [-0.1, -0.05) is 11.6 Å². The second-order valence-electron chi connectivity index (χ2n) is 2.77. The van der Waals surface area contributed by atoms with Gasteiger partial charge in [0, 0.05) is 8.59 Å². The van der Waals surface area contributed by atoms with E-state index >= 15 is 0 Å². The molecule has 12 heavy (non-hydrogen) atoms. The van der Waals surface area contributed by atoms with Crippen molar-refractivity contribution in [1.29, 1.82) is 0 Å². The largest absolute Gasteiger partial charge is 0.491 e. The van der Waals surface area contributed by atoms with Crippen LogP contribution in [0, 0.1) is 3.57 Å². The molecular formula is C9H10ClIO. The molecule has 0 saturated carbocycles. The fourth-order valence-corrected chi connectivity index (χ4v) is 1.92. The number of rotatable bonds is 2. The first kappa shape index (κ1) is 10.1. The normalized spacial score (nSPS) is 10.4. The van der Waals surface area contributed by atoms with Crippen molar-refractivity contribution in [2.24, 2.45) is 0 Å². The predicted octanol–water partition coefficient (Wildman–Crippen LogP) is 3.73. The smallest absolute Gasteiger partial charge is 0.122 e. The van der Waals surface area contributed by atoms with Crippen molar-refractivity contribution in [3.8, 4) is 5.75 Å². The first-order valence-corrected chi connectivity index (χ1v) is 5.16. The van der Waals surface area contributed by atoms with Crippen LogP contribution in [0.15, 0.2) is 18.2 Å². The standard InChI is InChI=1S/C9H10ClIO/c1-6(2)12-9-4-7(10)3-8(11)5-9/h3-6H,1-2H3. The Hall–Kier alpha value is 0.0400. The Morgan fingerprint density at radius 1 is 1.33 bits per heavy atom. The monoisotopic (exact) mass is 296 g/mol. The molecule has 0 N–H and O–H groups in total. The minimum absolute atomic E-state index is 0.194. The molecule has 0 bridgehead atoms. The maximum Gasteiger partial charge on any atom is 0.122 e. The molecule has 66 valence electrons. The van der Waals surface area contributed by atoms with Gasteiger partial charge in [-0.3, -0.25) is 0 Å². The summed E-state index contributed by atoms with van der Waals surface area (Å²) >= 11 is 8.06. The number of hydrogen-bond acceptors (Lipinski definition) is 1. The van der Waals surface area contributed by atoms with Crippen molar-refractivity contribution in [3.63, 3.8) is 0 Å². The third-order valence-corrected chi connectivity index (χ3v) is 2.05. The second kappa shape index (κ2) is 4.33. The lowest BCUT2D eigenvalue weighted by Gasteiger charge is -2.09. The highest BCUT2D eigenvalue weighted by Crippen LogP contribution is 2.22. The third-order valence-electron chi connectivity index (χ3n) is 1.21. The molecule has 0 heterocycles. The van der Waals surface area contributed by atoms with E-state index in [2.05, 4.69) is 22.6 Å². The first-order valence-electron chi connectivity index (χ1n) is 3.70. The van der Waals surface area contributed by atoms with Crippen LogP contribution in [0.25, 0.3) is 0 Å². The minimum atomic E-state index is 0.194. The summed E-state index contributed by atoms with van der Waals surface area (Å²) in [5.74, 6) is 0.835. The summed E-state index contributed by atoms with van der Waals surface area (Å²) in [6.07, 6.45) is 0.194. The summed E-state index contributed by atoms with van der Waals surface area (Å²) in [5, 5.41) is 0.720. The zero-order valence-electron chi connectivity index (χ0n) is 6.97. The Balaban J connectivity index is 2.85. The van der Waals surface area contributed by atoms with E-state index < -0.39 is 0 Å². The Bertz CT molecular complexity index is 253. The van der Waals surface area contributed by atoms with Crippen LogP contribution in [-0.4, -0.2) is 6.10 Å². The van der Waals surface area contributed by atoms with Gasteiger partial charge in [-0.25, -0.2) is 0 Å². The molecule has 0 radical (unpaired) electrons. The maximum atomic E-state index is 5.85. The molecular weight excluding hydrogens is 286 g/mol. The summed E-state index contributed by atoms with van der Waals surface area (Å²) in [5.41, 5.74) is 0. The molecule has 0 aliphatic carbocycles. The highest BCUT2D eigenvalue weighted by Gasteiger charge is 2.00. The molecule has 0 aromatic heterocycles. The quantitative estimate of drug-likeness (QED) is 0.756. The van der Waals surface area contributed by atoms with Gasteiger partial charge in [0.25, 0.3) is 0 Å². The van der Waals surface area contributed by atoms with Crippen LogP contribution in [0.4, 0.5) is 0 Å². The summed E-state index contributed by atoms with van der Waals surface area (Å²) in [4.78, 5) is 0. The van der Waals surface area contributed by atoms with Gasteiger partial charge in [0.05, 0.1) is 6.10 Å². The highest BCUT2D eigenvalue weighted by atomic mass is 127. The summed E-state index contributed by atoms with van der Waals surface area (Å²) < 4.78 is 6.58. The van der Waals surface area contributed by atoms with Gasteiger partial charge in [0.15, 0.2) is 0 Å². The predicted molar refractivity (Wildman–Crippen MR) is 59.9 cm³/mol. The lowest BCUT2D eigenvalue weighted by Crippen LogP contribution is -2.05. The molecule has 0 amide bonds. The lowest BCUT2D eigenvalue weighted by molar-refractivity contribution is 0.242. The Kier molecular flexibility index (Phi) is 3.65. The second-order valence-corrected chi connectivity index (χ2v) is 4.45. The van der Waals surface area contributed by atoms with E-state index in [-0.39, 0.29) is 6.10 Å². The molecule has 1 nitrogen and oxygen atoms in total. The van der Waals surface area contributed by atoms with Gasteiger partial charge >= 0.3 is 0 Å². The van der Waals surface area contributed by atoms with Crippen molar-refractivity contribution in [2.75, 3.05) is 0 Å².